The summed E-state index contributed by atoms with van der Waals surface area (Å²) in [5.74, 6) is -1.34. The van der Waals surface area contributed by atoms with Gasteiger partial charge in [-0.3, -0.25) is 0 Å². The molecule has 0 saturated heterocycles. The lowest BCUT2D eigenvalue weighted by Gasteiger charge is -2.04. The van der Waals surface area contributed by atoms with E-state index in [-0.39, 0.29) is 16.5 Å². The lowest BCUT2D eigenvalue weighted by atomic mass is 10.2. The summed E-state index contributed by atoms with van der Waals surface area (Å²) in [4.78, 5) is 4.11. The molecule has 3 nitrogen and oxygen atoms in total. The van der Waals surface area contributed by atoms with Crippen LogP contribution in [-0.2, 0) is 6.54 Å². The van der Waals surface area contributed by atoms with Gasteiger partial charge >= 0.3 is 0 Å². The summed E-state index contributed by atoms with van der Waals surface area (Å²) in [6.07, 6.45) is 1.41. The van der Waals surface area contributed by atoms with Crippen molar-refractivity contribution in [2.45, 2.75) is 26.4 Å². The van der Waals surface area contributed by atoms with Gasteiger partial charge in [0.1, 0.15) is 17.9 Å². The zero-order valence-electron chi connectivity index (χ0n) is 10.5. The van der Waals surface area contributed by atoms with E-state index in [1.165, 1.54) is 6.26 Å². The van der Waals surface area contributed by atoms with Crippen molar-refractivity contribution in [2.24, 2.45) is 0 Å². The Labute approximate surface area is 114 Å². The van der Waals surface area contributed by atoms with Crippen molar-refractivity contribution >= 4 is 11.6 Å². The molecule has 0 atom stereocenters. The molecule has 0 aliphatic rings. The molecule has 1 heterocycles. The third-order valence-corrected chi connectivity index (χ3v) is 2.77. The number of hydrogen-bond donors (Lipinski definition) is 1. The molecule has 2 aromatic rings. The third kappa shape index (κ3) is 3.30. The number of nitrogens with zero attached hydrogens (tertiary/aromatic N) is 1. The number of nitrogens with one attached hydrogen (secondary N) is 1. The molecule has 2 rings (SSSR count). The third-order valence-electron chi connectivity index (χ3n) is 2.48. The molecule has 6 heteroatoms. The van der Waals surface area contributed by atoms with Crippen molar-refractivity contribution in [1.82, 2.24) is 10.3 Å². The minimum atomic E-state index is -0.710. The van der Waals surface area contributed by atoms with Gasteiger partial charge in [-0.15, -0.1) is 0 Å². The second-order valence-electron chi connectivity index (χ2n) is 4.43. The average Bonchev–Trinajstić information content (AvgIpc) is 2.80. The Morgan fingerprint density at radius 3 is 2.74 bits per heavy atom. The normalized spacial score (nSPS) is 11.3. The fourth-order valence-corrected chi connectivity index (χ4v) is 1.66. The molecule has 0 spiro atoms. The van der Waals surface area contributed by atoms with Crippen LogP contribution >= 0.6 is 11.6 Å². The Morgan fingerprint density at radius 2 is 2.05 bits per heavy atom. The van der Waals surface area contributed by atoms with Crippen LogP contribution in [0.5, 0.6) is 0 Å². The Hall–Kier alpha value is -1.46. The molecule has 0 radical (unpaired) electrons. The summed E-state index contributed by atoms with van der Waals surface area (Å²) >= 11 is 5.49. The van der Waals surface area contributed by atoms with Crippen LogP contribution in [0.3, 0.4) is 0 Å². The molecule has 0 bridgehead atoms. The monoisotopic (exact) mass is 286 g/mol. The highest BCUT2D eigenvalue weighted by Gasteiger charge is 2.15. The first-order chi connectivity index (χ1) is 8.97. The van der Waals surface area contributed by atoms with Crippen LogP contribution in [0.2, 0.25) is 5.02 Å². The van der Waals surface area contributed by atoms with Gasteiger partial charge in [0.25, 0.3) is 0 Å². The highest BCUT2D eigenvalue weighted by Crippen LogP contribution is 2.27. The Morgan fingerprint density at radius 1 is 1.32 bits per heavy atom. The van der Waals surface area contributed by atoms with Crippen molar-refractivity contribution in [3.05, 3.63) is 40.7 Å². The lowest BCUT2D eigenvalue weighted by molar-refractivity contribution is 0.550. The Balaban J connectivity index is 2.25. The molecule has 0 unspecified atom stereocenters. The Kier molecular flexibility index (Phi) is 4.17. The summed E-state index contributed by atoms with van der Waals surface area (Å²) in [6.45, 7) is 4.49. The van der Waals surface area contributed by atoms with Gasteiger partial charge in [0.05, 0.1) is 16.3 Å². The molecule has 0 amide bonds. The number of benzene rings is 1. The highest BCUT2D eigenvalue weighted by molar-refractivity contribution is 6.30. The largest absolute Gasteiger partial charge is 0.444 e. The number of hydrogen-bond acceptors (Lipinski definition) is 3. The molecule has 0 fully saturated rings. The zero-order valence-corrected chi connectivity index (χ0v) is 11.3. The van der Waals surface area contributed by atoms with Crippen molar-refractivity contribution in [2.75, 3.05) is 0 Å². The van der Waals surface area contributed by atoms with E-state index in [1.807, 2.05) is 13.8 Å². The predicted molar refractivity (Wildman–Crippen MR) is 68.8 cm³/mol. The van der Waals surface area contributed by atoms with Crippen LogP contribution in [0.1, 0.15) is 19.5 Å². The molecule has 0 aliphatic heterocycles. The molecule has 102 valence electrons. The molecule has 1 aromatic heterocycles. The van der Waals surface area contributed by atoms with E-state index >= 15 is 0 Å². The van der Waals surface area contributed by atoms with Crippen LogP contribution in [-0.4, -0.2) is 11.0 Å². The van der Waals surface area contributed by atoms with E-state index < -0.39 is 11.6 Å². The van der Waals surface area contributed by atoms with Gasteiger partial charge < -0.3 is 9.73 Å². The molecule has 19 heavy (non-hydrogen) atoms. The van der Waals surface area contributed by atoms with E-state index in [0.29, 0.717) is 18.3 Å². The molecule has 0 saturated carbocycles. The van der Waals surface area contributed by atoms with Crippen molar-refractivity contribution in [1.29, 1.82) is 0 Å². The highest BCUT2D eigenvalue weighted by atomic mass is 35.5. The molecular formula is C13H13ClF2N2O. The van der Waals surface area contributed by atoms with Crippen LogP contribution in [0, 0.1) is 11.6 Å². The average molecular weight is 287 g/mol. The minimum Gasteiger partial charge on any atom is -0.444 e. The van der Waals surface area contributed by atoms with Crippen LogP contribution in [0.15, 0.2) is 22.8 Å². The summed E-state index contributed by atoms with van der Waals surface area (Å²) in [5.41, 5.74) is 0.580. The van der Waals surface area contributed by atoms with Crippen molar-refractivity contribution in [3.63, 3.8) is 0 Å². The van der Waals surface area contributed by atoms with Gasteiger partial charge in [0.15, 0.2) is 0 Å². The van der Waals surface area contributed by atoms with Gasteiger partial charge in [0.2, 0.25) is 5.89 Å². The smallest absolute Gasteiger partial charge is 0.229 e. The van der Waals surface area contributed by atoms with Crippen molar-refractivity contribution < 1.29 is 13.2 Å². The molecular weight excluding hydrogens is 274 g/mol. The number of oxazole rings is 1. The topological polar surface area (TPSA) is 38.1 Å². The fourth-order valence-electron chi connectivity index (χ4n) is 1.51. The second-order valence-corrected chi connectivity index (χ2v) is 4.83. The quantitative estimate of drug-likeness (QED) is 0.870. The van der Waals surface area contributed by atoms with Crippen LogP contribution in [0.4, 0.5) is 8.78 Å². The van der Waals surface area contributed by atoms with E-state index in [0.717, 1.165) is 12.1 Å². The first-order valence-electron chi connectivity index (χ1n) is 5.80. The first kappa shape index (κ1) is 14.0. The van der Waals surface area contributed by atoms with E-state index in [9.17, 15) is 8.78 Å². The molecule has 1 aromatic carbocycles. The lowest BCUT2D eigenvalue weighted by Crippen LogP contribution is -2.21. The summed E-state index contributed by atoms with van der Waals surface area (Å²) in [6, 6.07) is 2.18. The zero-order chi connectivity index (χ0) is 14.0. The van der Waals surface area contributed by atoms with Gasteiger partial charge in [-0.05, 0) is 12.1 Å². The van der Waals surface area contributed by atoms with E-state index in [1.54, 1.807) is 0 Å². The van der Waals surface area contributed by atoms with E-state index in [2.05, 4.69) is 10.3 Å². The van der Waals surface area contributed by atoms with Gasteiger partial charge in [-0.1, -0.05) is 25.4 Å². The first-order valence-corrected chi connectivity index (χ1v) is 6.18. The second kappa shape index (κ2) is 5.67. The number of halogens is 3. The maximum absolute atomic E-state index is 13.7. The summed E-state index contributed by atoms with van der Waals surface area (Å²) < 4.78 is 32.2. The number of aromatic nitrogens is 1. The van der Waals surface area contributed by atoms with Crippen LogP contribution in [0.25, 0.3) is 11.5 Å². The standard InChI is InChI=1S/C13H13ClF2N2O/c1-7(2)17-5-8-6-19-13(18-8)9-3-12(16)10(14)4-11(9)15/h3-4,6-7,17H,5H2,1-2H3. The molecule has 0 aliphatic carbocycles. The fraction of sp³-hybridized carbons (Fsp3) is 0.308. The minimum absolute atomic E-state index is 0.0358. The van der Waals surface area contributed by atoms with Crippen LogP contribution < -0.4 is 5.32 Å². The SMILES string of the molecule is CC(C)NCc1coc(-c2cc(F)c(Cl)cc2F)n1. The summed E-state index contributed by atoms with van der Waals surface area (Å²) in [5, 5.41) is 2.88. The maximum Gasteiger partial charge on any atom is 0.229 e. The van der Waals surface area contributed by atoms with E-state index in [4.69, 9.17) is 16.0 Å². The molecule has 1 N–H and O–H groups in total. The Bertz CT molecular complexity index is 584. The summed E-state index contributed by atoms with van der Waals surface area (Å²) in [7, 11) is 0. The number of rotatable bonds is 4. The maximum atomic E-state index is 13.7. The van der Waals surface area contributed by atoms with Crippen molar-refractivity contribution in [3.8, 4) is 11.5 Å². The van der Waals surface area contributed by atoms with Gasteiger partial charge in [-0.2, -0.15) is 0 Å². The van der Waals surface area contributed by atoms with Gasteiger partial charge in [-0.25, -0.2) is 13.8 Å². The van der Waals surface area contributed by atoms with Gasteiger partial charge in [0, 0.05) is 12.6 Å². The predicted octanol–water partition coefficient (Wildman–Crippen LogP) is 3.77.